The summed E-state index contributed by atoms with van der Waals surface area (Å²) in [5.41, 5.74) is -1.05. The molecule has 0 aliphatic heterocycles. The lowest BCUT2D eigenvalue weighted by molar-refractivity contribution is -0.118. The Bertz CT molecular complexity index is 810. The maximum atomic E-state index is 11.8. The number of amides is 1. The summed E-state index contributed by atoms with van der Waals surface area (Å²) in [5.74, 6) is -0.380. The largest absolute Gasteiger partial charge is 0.519 e. The number of carbonyl (C=O) groups excluding carboxylic acids is 4. The normalized spacial score (nSPS) is 12.3. The van der Waals surface area contributed by atoms with Crippen LogP contribution in [0.3, 0.4) is 0 Å². The molecular weight excluding hydrogens is 478 g/mol. The van der Waals surface area contributed by atoms with Crippen molar-refractivity contribution in [3.05, 3.63) is 35.9 Å². The fraction of sp³-hybridized carbons (Fsp3) is 0.600. The van der Waals surface area contributed by atoms with E-state index < -0.39 is 41.2 Å². The third-order valence-electron chi connectivity index (χ3n) is 3.44. The SMILES string of the molecule is CC(C)(C)OC(=O)N[C@@H](Cc1ccccc1)C(=O)CCl.CC(C)(C)OC(=O)OC(=O)OC(C)(C)C. The molecule has 0 heterocycles. The quantitative estimate of drug-likeness (QED) is 0.226. The number of nitrogens with one attached hydrogen (secondary N) is 1. The minimum Gasteiger partial charge on any atom is -0.444 e. The van der Waals surface area contributed by atoms with Crippen LogP contribution in [0, 0.1) is 0 Å². The summed E-state index contributed by atoms with van der Waals surface area (Å²) in [6.07, 6.45) is -2.34. The number of ketones is 1. The topological polar surface area (TPSA) is 117 Å². The highest BCUT2D eigenvalue weighted by Crippen LogP contribution is 2.12. The molecule has 0 aliphatic rings. The van der Waals surface area contributed by atoms with E-state index in [-0.39, 0.29) is 11.7 Å². The Hall–Kier alpha value is -2.81. The van der Waals surface area contributed by atoms with Gasteiger partial charge in [0.05, 0.1) is 11.9 Å². The Morgan fingerprint density at radius 1 is 0.771 bits per heavy atom. The highest BCUT2D eigenvalue weighted by Gasteiger charge is 2.25. The Kier molecular flexibility index (Phi) is 12.8. The van der Waals surface area contributed by atoms with E-state index in [1.165, 1.54) is 0 Å². The standard InChI is InChI=1S/C15H20ClNO3.C10H18O5/c1-15(2,3)20-14(19)17-12(13(18)10-16)9-11-7-5-4-6-8-11;1-9(2,3)14-7(11)13-8(12)15-10(4,5)6/h4-8,12H,9-10H2,1-3H3,(H,17,19);1-6H3/t12-;/m0./s1. The summed E-state index contributed by atoms with van der Waals surface area (Å²) >= 11 is 5.59. The van der Waals surface area contributed by atoms with Crippen molar-refractivity contribution >= 4 is 35.8 Å². The van der Waals surface area contributed by atoms with Gasteiger partial charge in [-0.05, 0) is 74.3 Å². The molecule has 1 rings (SSSR count). The molecule has 10 heteroatoms. The van der Waals surface area contributed by atoms with Crippen molar-refractivity contribution in [2.45, 2.75) is 91.6 Å². The average Bonchev–Trinajstić information content (AvgIpc) is 2.63. The van der Waals surface area contributed by atoms with E-state index in [0.29, 0.717) is 6.42 Å². The Balaban J connectivity index is 0.000000691. The highest BCUT2D eigenvalue weighted by atomic mass is 35.5. The highest BCUT2D eigenvalue weighted by molar-refractivity contribution is 6.28. The molecular formula is C25H38ClNO8. The molecule has 0 saturated carbocycles. The smallest absolute Gasteiger partial charge is 0.444 e. The molecule has 1 aromatic rings. The van der Waals surface area contributed by atoms with E-state index in [1.807, 2.05) is 30.3 Å². The summed E-state index contributed by atoms with van der Waals surface area (Å²) in [6.45, 7) is 15.3. The van der Waals surface area contributed by atoms with E-state index in [9.17, 15) is 19.2 Å². The van der Waals surface area contributed by atoms with Gasteiger partial charge in [-0.25, -0.2) is 14.4 Å². The van der Waals surface area contributed by atoms with Gasteiger partial charge in [-0.15, -0.1) is 11.6 Å². The maximum Gasteiger partial charge on any atom is 0.519 e. The molecule has 198 valence electrons. The number of halogens is 1. The van der Waals surface area contributed by atoms with Gasteiger partial charge in [0.25, 0.3) is 0 Å². The van der Waals surface area contributed by atoms with Crippen LogP contribution in [0.25, 0.3) is 0 Å². The molecule has 1 N–H and O–H groups in total. The molecule has 0 bridgehead atoms. The van der Waals surface area contributed by atoms with E-state index in [0.717, 1.165) is 5.56 Å². The second kappa shape index (κ2) is 13.9. The van der Waals surface area contributed by atoms with Crippen LogP contribution in [-0.4, -0.2) is 52.9 Å². The molecule has 1 atom stereocenters. The summed E-state index contributed by atoms with van der Waals surface area (Å²) in [5, 5.41) is 2.58. The molecule has 0 unspecified atom stereocenters. The number of hydrogen-bond acceptors (Lipinski definition) is 8. The van der Waals surface area contributed by atoms with Gasteiger partial charge in [0, 0.05) is 0 Å². The Labute approximate surface area is 212 Å². The summed E-state index contributed by atoms with van der Waals surface area (Å²) in [7, 11) is 0. The van der Waals surface area contributed by atoms with Crippen molar-refractivity contribution in [3.63, 3.8) is 0 Å². The number of alkyl carbamates (subject to hydrolysis) is 1. The summed E-state index contributed by atoms with van der Waals surface area (Å²) in [4.78, 5) is 45.6. The minimum atomic E-state index is -1.06. The van der Waals surface area contributed by atoms with Crippen LogP contribution < -0.4 is 5.32 Å². The van der Waals surface area contributed by atoms with Crippen LogP contribution in [-0.2, 0) is 30.2 Å². The molecule has 0 fully saturated rings. The second-order valence-corrected chi connectivity index (χ2v) is 10.8. The molecule has 9 nitrogen and oxygen atoms in total. The molecule has 1 amide bonds. The van der Waals surface area contributed by atoms with Crippen molar-refractivity contribution in [2.75, 3.05) is 5.88 Å². The lowest BCUT2D eigenvalue weighted by Crippen LogP contribution is -2.45. The number of rotatable bonds is 5. The predicted octanol–water partition coefficient (Wildman–Crippen LogP) is 5.80. The molecule has 0 saturated heterocycles. The van der Waals surface area contributed by atoms with E-state index in [1.54, 1.807) is 62.3 Å². The van der Waals surface area contributed by atoms with Gasteiger partial charge < -0.3 is 24.3 Å². The summed E-state index contributed by atoms with van der Waals surface area (Å²) in [6, 6.07) is 8.76. The second-order valence-electron chi connectivity index (χ2n) is 10.5. The van der Waals surface area contributed by atoms with Crippen LogP contribution in [0.5, 0.6) is 0 Å². The molecule has 0 aliphatic carbocycles. The zero-order chi connectivity index (χ0) is 27.4. The fourth-order valence-electron chi connectivity index (χ4n) is 2.25. The first-order valence-corrected chi connectivity index (χ1v) is 11.6. The molecule has 0 radical (unpaired) electrons. The average molecular weight is 516 g/mol. The first-order chi connectivity index (χ1) is 15.8. The van der Waals surface area contributed by atoms with Gasteiger partial charge in [0.15, 0.2) is 5.78 Å². The Morgan fingerprint density at radius 2 is 1.20 bits per heavy atom. The number of hydrogen-bond donors (Lipinski definition) is 1. The number of alkyl halides is 1. The van der Waals surface area contributed by atoms with E-state index in [2.05, 4.69) is 10.1 Å². The predicted molar refractivity (Wildman–Crippen MR) is 133 cm³/mol. The van der Waals surface area contributed by atoms with Crippen LogP contribution in [0.1, 0.15) is 67.9 Å². The lowest BCUT2D eigenvalue weighted by Gasteiger charge is -2.22. The van der Waals surface area contributed by atoms with Crippen molar-refractivity contribution in [1.82, 2.24) is 5.32 Å². The molecule has 1 aromatic carbocycles. The first kappa shape index (κ1) is 32.2. The van der Waals surface area contributed by atoms with Gasteiger partial charge in [-0.1, -0.05) is 30.3 Å². The van der Waals surface area contributed by atoms with Gasteiger partial charge in [-0.3, -0.25) is 4.79 Å². The zero-order valence-corrected chi connectivity index (χ0v) is 22.8. The zero-order valence-electron chi connectivity index (χ0n) is 22.0. The number of benzene rings is 1. The summed E-state index contributed by atoms with van der Waals surface area (Å²) < 4.78 is 19.0. The minimum absolute atomic E-state index is 0.146. The van der Waals surface area contributed by atoms with Gasteiger partial charge >= 0.3 is 18.4 Å². The Morgan fingerprint density at radius 3 is 1.57 bits per heavy atom. The third kappa shape index (κ3) is 18.2. The van der Waals surface area contributed by atoms with E-state index in [4.69, 9.17) is 25.8 Å². The molecule has 35 heavy (non-hydrogen) atoms. The van der Waals surface area contributed by atoms with Crippen molar-refractivity contribution in [3.8, 4) is 0 Å². The number of ether oxygens (including phenoxy) is 4. The van der Waals surface area contributed by atoms with Gasteiger partial charge in [-0.2, -0.15) is 0 Å². The van der Waals surface area contributed by atoms with Crippen molar-refractivity contribution in [1.29, 1.82) is 0 Å². The van der Waals surface area contributed by atoms with Crippen LogP contribution in [0.2, 0.25) is 0 Å². The maximum absolute atomic E-state index is 11.8. The van der Waals surface area contributed by atoms with Crippen LogP contribution in [0.4, 0.5) is 14.4 Å². The first-order valence-electron chi connectivity index (χ1n) is 11.1. The number of Topliss-reactive ketones (excluding diaryl/α,β-unsaturated/α-hetero) is 1. The van der Waals surface area contributed by atoms with Gasteiger partial charge in [0.1, 0.15) is 16.8 Å². The fourth-order valence-corrected chi connectivity index (χ4v) is 2.43. The third-order valence-corrected chi connectivity index (χ3v) is 3.70. The van der Waals surface area contributed by atoms with E-state index >= 15 is 0 Å². The lowest BCUT2D eigenvalue weighted by atomic mass is 10.0. The molecule has 0 aromatic heterocycles. The van der Waals surface area contributed by atoms with Crippen molar-refractivity contribution < 1.29 is 38.1 Å². The van der Waals surface area contributed by atoms with Crippen molar-refractivity contribution in [2.24, 2.45) is 0 Å². The van der Waals surface area contributed by atoms with Crippen LogP contribution >= 0.6 is 11.6 Å². The molecule has 0 spiro atoms. The number of carbonyl (C=O) groups is 4. The monoisotopic (exact) mass is 515 g/mol. The van der Waals surface area contributed by atoms with Crippen LogP contribution in [0.15, 0.2) is 30.3 Å². The van der Waals surface area contributed by atoms with Gasteiger partial charge in [0.2, 0.25) is 0 Å².